The van der Waals surface area contributed by atoms with Crippen molar-refractivity contribution in [2.24, 2.45) is 45.9 Å². The van der Waals surface area contributed by atoms with E-state index in [2.05, 4.69) is 73.4 Å². The van der Waals surface area contributed by atoms with Crippen LogP contribution < -0.4 is 126 Å². The average molecular weight is 1730 g/mol. The van der Waals surface area contributed by atoms with Crippen molar-refractivity contribution in [3.8, 4) is 11.5 Å². The van der Waals surface area contributed by atoms with E-state index in [-0.39, 0.29) is 149 Å². The van der Waals surface area contributed by atoms with Crippen LogP contribution in [-0.4, -0.2) is 211 Å². The number of carboxylic acids is 4. The zero-order chi connectivity index (χ0) is 89.9. The summed E-state index contributed by atoms with van der Waals surface area (Å²) in [6.45, 7) is 14.0. The van der Waals surface area contributed by atoms with Crippen LogP contribution in [0.2, 0.25) is 0 Å². The van der Waals surface area contributed by atoms with E-state index in [0.717, 1.165) is 18.6 Å². The Morgan fingerprint density at radius 3 is 1.72 bits per heavy atom. The molecular formula is C81H112N17NaO22S-2. The van der Waals surface area contributed by atoms with Gasteiger partial charge in [0.05, 0.1) is 35.0 Å². The predicted molar refractivity (Wildman–Crippen MR) is 434 cm³/mol. The Morgan fingerprint density at radius 1 is 0.623 bits per heavy atom. The minimum Gasteiger partial charge on any atom is -0.872 e. The predicted octanol–water partition coefficient (Wildman–Crippen LogP) is -6.41. The number of aromatic nitrogens is 2. The zero-order valence-electron chi connectivity index (χ0n) is 70.8. The van der Waals surface area contributed by atoms with E-state index in [1.807, 2.05) is 13.8 Å². The summed E-state index contributed by atoms with van der Waals surface area (Å²) >= 11 is 1.34. The molecule has 122 heavy (non-hydrogen) atoms. The Kier molecular flexibility index (Phi) is 43.7. The molecule has 1 saturated heterocycles. The van der Waals surface area contributed by atoms with Crippen molar-refractivity contribution < 1.29 is 138 Å². The zero-order valence-corrected chi connectivity index (χ0v) is 72.6. The third-order valence-corrected chi connectivity index (χ3v) is 21.6. The van der Waals surface area contributed by atoms with E-state index in [9.17, 15) is 97.1 Å². The topological polar surface area (TPSA) is 657 Å². The standard InChI is InChI=1S/C66H103N17O16S.C15H12O6.Na/c1-9-35(6)52(69)66-81-48(32-100-66)63(97)76-43(26-34(4)5)59(93)74-42(22-23-50(85)86)58(92)83-53(36(7)10-2)64(98)75-40-20-15-16-25-71-55(89)46(29-49(68)84)78-62(96)47(30-51(87)88)79-61(95)45(28-39-31-70-33-72-39)77-60(94)44(27-38-18-13-12-14-19-38)80-65(99)54(37(8)11-3)82-57(91)41(21-17-24-67)73-56(40)90;16-12-3-1-8(6-10(12)14(18)19)5-9-2-4-13(17)11(7-9)15(20)21;/h12-14,18-19,31,33-37,40-48,52-54H,9-11,15-17,20-30,32,67,69H2,1-8H3,(H2,68,84)(H,70,72)(H,71,89)(H,73,90)(H,74,93)(H,75,98)(H,76,97)(H,77,94)(H,78,96)(H,79,95)(H,80,99)(H,82,91)(H,83,92)(H,85,86)(H,87,88);1-4,6-7,16-17H,5H2,(H,18,19)(H,20,21);/q;;+1/p-3/t35-,36-,37-,40-,41+,42+,43-,44+,45-,46-,47+,48-,52-,53-,54-;;/m0../s1. The molecule has 662 valence electrons. The number of aromatic carboxylic acids is 2. The van der Waals surface area contributed by atoms with Gasteiger partial charge < -0.3 is 121 Å². The molecule has 1 fully saturated rings. The van der Waals surface area contributed by atoms with Crippen molar-refractivity contribution in [2.75, 3.05) is 18.8 Å². The van der Waals surface area contributed by atoms with Crippen LogP contribution in [0, 0.1) is 23.7 Å². The van der Waals surface area contributed by atoms with Crippen molar-refractivity contribution in [2.45, 2.75) is 231 Å². The summed E-state index contributed by atoms with van der Waals surface area (Å²) in [7, 11) is 0. The first-order valence-electron chi connectivity index (χ1n) is 40.0. The fourth-order valence-electron chi connectivity index (χ4n) is 12.8. The Balaban J connectivity index is 0.00000147. The summed E-state index contributed by atoms with van der Waals surface area (Å²) in [5.74, 6) is -20.0. The van der Waals surface area contributed by atoms with Crippen LogP contribution in [0.25, 0.3) is 0 Å². The summed E-state index contributed by atoms with van der Waals surface area (Å²) in [6.07, 6.45) is 0.140. The van der Waals surface area contributed by atoms with E-state index >= 15 is 0 Å². The number of benzene rings is 3. The van der Waals surface area contributed by atoms with E-state index in [4.69, 9.17) is 27.4 Å². The molecule has 39 nitrogen and oxygen atoms in total. The SMILES string of the molecule is CC[C@H](C)[C@H](N)C1=N[C@H](C(=O)N[C@@H](CC(C)C)C(=O)N[C@H](CCC(=O)[O-])C(=O)N[C@H](C(=O)N[C@H]2CCCCNC(=O)[C@H](CC(N)=O)NC(=O)[C@@H](CC(=O)[O-])NC(=O)[C@H](Cc3cnc[nH]3)NC(=O)[C@@H](Cc3ccccc3)NC(=O)[C@H]([C@@H](C)CC)NC(=O)[C@@H](CCCN)NC2=O)[C@@H](C)CC)CS1.O=C(O)c1cc(Cc2ccc([O-])c(C(=O)O)c2)ccc1[O-].[H+].[Na+]. The van der Waals surface area contributed by atoms with Crippen LogP contribution >= 0.6 is 11.8 Å². The number of primary amides is 1. The number of carbonyl (C=O) groups excluding carboxylic acids is 14. The van der Waals surface area contributed by atoms with Gasteiger partial charge in [-0.05, 0) is 117 Å². The third kappa shape index (κ3) is 33.7. The van der Waals surface area contributed by atoms with E-state index in [0.29, 0.717) is 21.7 Å². The summed E-state index contributed by atoms with van der Waals surface area (Å²) < 4.78 is 0. The molecule has 2 aliphatic rings. The Bertz CT molecular complexity index is 4260. The fraction of sp³-hybridized carbons (Fsp3) is 0.531. The third-order valence-electron chi connectivity index (χ3n) is 20.4. The minimum absolute atomic E-state index is 0. The second-order valence-corrected chi connectivity index (χ2v) is 31.4. The quantitative estimate of drug-likeness (QED) is 0.0191. The van der Waals surface area contributed by atoms with Gasteiger partial charge in [0.1, 0.15) is 66.5 Å². The molecular weight excluding hydrogens is 1620 g/mol. The van der Waals surface area contributed by atoms with Gasteiger partial charge in [0, 0.05) is 55.4 Å². The molecule has 4 aromatic rings. The number of aromatic amines is 1. The summed E-state index contributed by atoms with van der Waals surface area (Å²) in [5, 5.41) is 93.6. The molecule has 41 heteroatoms. The van der Waals surface area contributed by atoms with Crippen LogP contribution in [-0.2, 0) is 86.4 Å². The largest absolute Gasteiger partial charge is 1.00 e. The number of nitrogens with two attached hydrogens (primary N) is 3. The molecule has 2 aliphatic heterocycles. The normalized spacial score (nSPS) is 20.7. The molecule has 0 radical (unpaired) electrons. The maximum atomic E-state index is 14.9. The average Bonchev–Trinajstić information content (AvgIpc) is 1.81. The first kappa shape index (κ1) is 103. The van der Waals surface area contributed by atoms with Crippen LogP contribution in [0.5, 0.6) is 11.5 Å². The smallest absolute Gasteiger partial charge is 0.872 e. The maximum Gasteiger partial charge on any atom is 1.00 e. The van der Waals surface area contributed by atoms with Crippen molar-refractivity contribution in [3.05, 3.63) is 113 Å². The minimum atomic E-state index is -2.01. The van der Waals surface area contributed by atoms with Gasteiger partial charge >= 0.3 is 42.9 Å². The molecule has 6 rings (SSSR count). The van der Waals surface area contributed by atoms with Crippen molar-refractivity contribution in [1.29, 1.82) is 0 Å². The van der Waals surface area contributed by atoms with Crippen LogP contribution in [0.1, 0.15) is 183 Å². The van der Waals surface area contributed by atoms with Gasteiger partial charge in [-0.15, -0.1) is 11.8 Å². The first-order chi connectivity index (χ1) is 57.3. The Labute approximate surface area is 733 Å². The number of rotatable bonds is 35. The van der Waals surface area contributed by atoms with Gasteiger partial charge in [0.15, 0.2) is 0 Å². The summed E-state index contributed by atoms with van der Waals surface area (Å²) in [4.78, 5) is 228. The monoisotopic (exact) mass is 1730 g/mol. The number of thioether (sulfide) groups is 1. The Hall–Kier alpha value is -11.1. The van der Waals surface area contributed by atoms with E-state index < -0.39 is 216 Å². The van der Waals surface area contributed by atoms with Crippen LogP contribution in [0.15, 0.2) is 84.2 Å². The number of H-pyrrole nitrogens is 1. The molecule has 0 spiro atoms. The second kappa shape index (κ2) is 51.6. The number of hydrogen-bond acceptors (Lipinski definition) is 25. The van der Waals surface area contributed by atoms with E-state index in [1.165, 1.54) is 48.6 Å². The number of aliphatic carboxylic acids is 2. The number of nitrogens with zero attached hydrogens (tertiary/aromatic N) is 2. The number of aliphatic imine (C=N–C) groups is 1. The van der Waals surface area contributed by atoms with Gasteiger partial charge in [-0.1, -0.05) is 141 Å². The van der Waals surface area contributed by atoms with Crippen molar-refractivity contribution in [1.82, 2.24) is 68.5 Å². The molecule has 12 amide bonds. The molecule has 0 saturated carbocycles. The van der Waals surface area contributed by atoms with Crippen LogP contribution in [0.3, 0.4) is 0 Å². The van der Waals surface area contributed by atoms with Crippen LogP contribution in [0.4, 0.5) is 0 Å². The molecule has 20 N–H and O–H groups in total. The summed E-state index contributed by atoms with van der Waals surface area (Å²) in [6, 6.07) is -0.886. The molecule has 15 atom stereocenters. The molecule has 3 aromatic carbocycles. The molecule has 0 bridgehead atoms. The number of carboxylic acid groups (broad SMARTS) is 4. The number of imidazole rings is 1. The van der Waals surface area contributed by atoms with Gasteiger partial charge in [0.25, 0.3) is 0 Å². The van der Waals surface area contributed by atoms with Crippen molar-refractivity contribution in [3.63, 3.8) is 0 Å². The fourth-order valence-corrected chi connectivity index (χ4v) is 14.0. The summed E-state index contributed by atoms with van der Waals surface area (Å²) in [5.41, 5.74) is 19.1. The number of amides is 12. The van der Waals surface area contributed by atoms with Gasteiger partial charge in [-0.2, -0.15) is 0 Å². The molecule has 3 heterocycles. The molecule has 1 aromatic heterocycles. The van der Waals surface area contributed by atoms with Crippen molar-refractivity contribution >= 4 is 112 Å². The second-order valence-electron chi connectivity index (χ2n) is 30.4. The van der Waals surface area contributed by atoms with Gasteiger partial charge in [-0.3, -0.25) is 62.5 Å². The molecule has 0 unspecified atom stereocenters. The van der Waals surface area contributed by atoms with Gasteiger partial charge in [0.2, 0.25) is 70.9 Å². The van der Waals surface area contributed by atoms with E-state index in [1.54, 1.807) is 71.9 Å². The number of hydrogen-bond donors (Lipinski definition) is 17. The number of nitrogens with one attached hydrogen (secondary N) is 12. The van der Waals surface area contributed by atoms with Gasteiger partial charge in [-0.25, -0.2) is 14.6 Å². The maximum absolute atomic E-state index is 14.9. The first-order valence-corrected chi connectivity index (χ1v) is 41.0. The molecule has 0 aliphatic carbocycles. The Morgan fingerprint density at radius 2 is 1.18 bits per heavy atom. The number of carbonyl (C=O) groups is 16.